The van der Waals surface area contributed by atoms with E-state index < -0.39 is 11.4 Å². The van der Waals surface area contributed by atoms with Crippen LogP contribution in [0.15, 0.2) is 24.3 Å². The van der Waals surface area contributed by atoms with E-state index in [-0.39, 0.29) is 5.92 Å². The van der Waals surface area contributed by atoms with E-state index in [1.807, 2.05) is 18.2 Å². The Hall–Kier alpha value is -1.77. The number of ether oxygens (including phenoxy) is 1. The highest BCUT2D eigenvalue weighted by molar-refractivity contribution is 5.84. The molecule has 1 aromatic carbocycles. The number of hydrogen-bond acceptors (Lipinski definition) is 2. The van der Waals surface area contributed by atoms with Crippen LogP contribution >= 0.6 is 0 Å². The summed E-state index contributed by atoms with van der Waals surface area (Å²) in [6, 6.07) is 3.95. The molecule has 3 nitrogen and oxygen atoms in total. The van der Waals surface area contributed by atoms with Gasteiger partial charge in [-0.15, -0.1) is 0 Å². The van der Waals surface area contributed by atoms with Crippen LogP contribution in [0.3, 0.4) is 0 Å². The highest BCUT2D eigenvalue weighted by atomic mass is 16.5. The number of carboxylic acids is 1. The molecule has 0 aliphatic heterocycles. The van der Waals surface area contributed by atoms with Crippen LogP contribution in [-0.2, 0) is 16.6 Å². The van der Waals surface area contributed by atoms with Gasteiger partial charge in [0.25, 0.3) is 0 Å². The second kappa shape index (κ2) is 4.65. The Balaban J connectivity index is 2.26. The van der Waals surface area contributed by atoms with Gasteiger partial charge in [0.15, 0.2) is 0 Å². The molecule has 0 aromatic heterocycles. The fourth-order valence-corrected chi connectivity index (χ4v) is 3.92. The smallest absolute Gasteiger partial charge is 0.314 e. The van der Waals surface area contributed by atoms with E-state index in [0.29, 0.717) is 6.42 Å². The van der Waals surface area contributed by atoms with Crippen molar-refractivity contribution in [2.45, 2.75) is 38.0 Å². The summed E-state index contributed by atoms with van der Waals surface area (Å²) < 4.78 is 5.35. The lowest BCUT2D eigenvalue weighted by Gasteiger charge is -2.44. The molecular formula is C17H20O3. The average molecular weight is 272 g/mol. The van der Waals surface area contributed by atoms with Crippen molar-refractivity contribution >= 4 is 5.97 Å². The zero-order valence-electron chi connectivity index (χ0n) is 12.0. The zero-order valence-corrected chi connectivity index (χ0v) is 12.0. The zero-order chi connectivity index (χ0) is 14.3. The molecule has 0 heterocycles. The first kappa shape index (κ1) is 13.2. The molecule has 1 aromatic rings. The lowest BCUT2D eigenvalue weighted by atomic mass is 9.58. The van der Waals surface area contributed by atoms with Gasteiger partial charge in [-0.05, 0) is 67.3 Å². The average Bonchev–Trinajstić information content (AvgIpc) is 2.46. The number of fused-ring (bicyclic) bond motifs is 3. The molecule has 0 saturated heterocycles. The lowest BCUT2D eigenvalue weighted by molar-refractivity contribution is -0.147. The molecule has 2 aliphatic rings. The Bertz CT molecular complexity index is 588. The number of aryl methyl sites for hydroxylation is 1. The molecule has 3 rings (SSSR count). The van der Waals surface area contributed by atoms with Gasteiger partial charge in [0, 0.05) is 0 Å². The number of aliphatic carboxylic acids is 1. The number of rotatable bonds is 2. The summed E-state index contributed by atoms with van der Waals surface area (Å²) in [6.45, 7) is 2.05. The minimum absolute atomic E-state index is 0.198. The van der Waals surface area contributed by atoms with Crippen LogP contribution in [0.1, 0.15) is 36.0 Å². The minimum Gasteiger partial charge on any atom is -0.497 e. The van der Waals surface area contributed by atoms with Crippen molar-refractivity contribution in [2.75, 3.05) is 7.11 Å². The molecule has 0 saturated carbocycles. The van der Waals surface area contributed by atoms with Crippen molar-refractivity contribution in [3.63, 3.8) is 0 Å². The monoisotopic (exact) mass is 272 g/mol. The predicted octanol–water partition coefficient (Wildman–Crippen LogP) is 3.24. The van der Waals surface area contributed by atoms with Crippen molar-refractivity contribution in [3.05, 3.63) is 41.0 Å². The molecular weight excluding hydrogens is 252 g/mol. The standard InChI is InChI=1S/C17H20O3/c1-11-9-13(20-2)10-15-14(11)7-6-12-5-3-4-8-17(12,15)16(18)19/h3-4,9-10,12H,5-8H2,1-2H3,(H,18,19)/t12-,17+/m1/s1. The van der Waals surface area contributed by atoms with Crippen molar-refractivity contribution < 1.29 is 14.6 Å². The van der Waals surface area contributed by atoms with E-state index in [2.05, 4.69) is 13.0 Å². The summed E-state index contributed by atoms with van der Waals surface area (Å²) in [5, 5.41) is 9.95. The van der Waals surface area contributed by atoms with Crippen molar-refractivity contribution in [3.8, 4) is 5.75 Å². The molecule has 0 amide bonds. The van der Waals surface area contributed by atoms with Gasteiger partial charge in [-0.25, -0.2) is 0 Å². The number of allylic oxidation sites excluding steroid dienone is 2. The summed E-state index contributed by atoms with van der Waals surface area (Å²) >= 11 is 0. The second-order valence-corrected chi connectivity index (χ2v) is 5.89. The van der Waals surface area contributed by atoms with E-state index >= 15 is 0 Å². The van der Waals surface area contributed by atoms with E-state index in [0.717, 1.165) is 36.1 Å². The Labute approximate surface area is 119 Å². The summed E-state index contributed by atoms with van der Waals surface area (Å²) in [7, 11) is 1.63. The van der Waals surface area contributed by atoms with Gasteiger partial charge in [-0.3, -0.25) is 4.79 Å². The highest BCUT2D eigenvalue weighted by Gasteiger charge is 2.50. The topological polar surface area (TPSA) is 46.5 Å². The van der Waals surface area contributed by atoms with Gasteiger partial charge in [0.1, 0.15) is 5.75 Å². The number of carbonyl (C=O) groups is 1. The van der Waals surface area contributed by atoms with Crippen molar-refractivity contribution in [1.82, 2.24) is 0 Å². The van der Waals surface area contributed by atoms with Crippen LogP contribution in [0.2, 0.25) is 0 Å². The minimum atomic E-state index is -0.762. The molecule has 106 valence electrons. The molecule has 20 heavy (non-hydrogen) atoms. The van der Waals surface area contributed by atoms with Gasteiger partial charge < -0.3 is 9.84 Å². The highest BCUT2D eigenvalue weighted by Crippen LogP contribution is 2.50. The molecule has 2 atom stereocenters. The van der Waals surface area contributed by atoms with Gasteiger partial charge in [0.2, 0.25) is 0 Å². The van der Waals surface area contributed by atoms with Crippen LogP contribution < -0.4 is 4.74 Å². The quantitative estimate of drug-likeness (QED) is 0.841. The van der Waals surface area contributed by atoms with E-state index in [1.165, 1.54) is 5.56 Å². The van der Waals surface area contributed by atoms with E-state index in [9.17, 15) is 9.90 Å². The summed E-state index contributed by atoms with van der Waals surface area (Å²) in [5.74, 6) is 0.265. The third kappa shape index (κ3) is 1.69. The molecule has 3 heteroatoms. The lowest BCUT2D eigenvalue weighted by Crippen LogP contribution is -2.47. The molecule has 2 aliphatic carbocycles. The van der Waals surface area contributed by atoms with Gasteiger partial charge >= 0.3 is 5.97 Å². The molecule has 1 N–H and O–H groups in total. The van der Waals surface area contributed by atoms with Gasteiger partial charge in [-0.1, -0.05) is 12.2 Å². The Kier molecular flexibility index (Phi) is 3.08. The Morgan fingerprint density at radius 3 is 2.90 bits per heavy atom. The second-order valence-electron chi connectivity index (χ2n) is 5.89. The maximum Gasteiger partial charge on any atom is 0.314 e. The molecule has 0 spiro atoms. The van der Waals surface area contributed by atoms with Crippen LogP contribution in [0.4, 0.5) is 0 Å². The SMILES string of the molecule is COc1cc(C)c2c(c1)[C@]1(C(=O)O)CC=CC[C@@H]1CC2. The first-order valence-electron chi connectivity index (χ1n) is 7.16. The van der Waals surface area contributed by atoms with Crippen molar-refractivity contribution in [2.24, 2.45) is 5.92 Å². The largest absolute Gasteiger partial charge is 0.497 e. The van der Waals surface area contributed by atoms with Crippen LogP contribution in [0.25, 0.3) is 0 Å². The third-order valence-corrected chi connectivity index (χ3v) is 5.01. The fraction of sp³-hybridized carbons (Fsp3) is 0.471. The molecule has 0 bridgehead atoms. The molecule has 0 radical (unpaired) electrons. The normalized spacial score (nSPS) is 27.6. The van der Waals surface area contributed by atoms with Gasteiger partial charge in [-0.2, -0.15) is 0 Å². The maximum absolute atomic E-state index is 12.1. The predicted molar refractivity (Wildman–Crippen MR) is 77.2 cm³/mol. The summed E-state index contributed by atoms with van der Waals surface area (Å²) in [5.41, 5.74) is 2.57. The fourth-order valence-electron chi connectivity index (χ4n) is 3.92. The number of methoxy groups -OCH3 is 1. The summed E-state index contributed by atoms with van der Waals surface area (Å²) in [6.07, 6.45) is 7.53. The first-order valence-corrected chi connectivity index (χ1v) is 7.16. The Morgan fingerprint density at radius 2 is 2.20 bits per heavy atom. The first-order chi connectivity index (χ1) is 9.59. The van der Waals surface area contributed by atoms with Gasteiger partial charge in [0.05, 0.1) is 12.5 Å². The van der Waals surface area contributed by atoms with Crippen LogP contribution in [-0.4, -0.2) is 18.2 Å². The molecule has 0 fully saturated rings. The number of carboxylic acid groups (broad SMARTS) is 1. The van der Waals surface area contributed by atoms with E-state index in [4.69, 9.17) is 4.74 Å². The van der Waals surface area contributed by atoms with Crippen molar-refractivity contribution in [1.29, 1.82) is 0 Å². The van der Waals surface area contributed by atoms with Crippen LogP contribution in [0.5, 0.6) is 5.75 Å². The van der Waals surface area contributed by atoms with Crippen LogP contribution in [0, 0.1) is 12.8 Å². The van der Waals surface area contributed by atoms with E-state index in [1.54, 1.807) is 7.11 Å². The third-order valence-electron chi connectivity index (χ3n) is 5.01. The maximum atomic E-state index is 12.1. The number of hydrogen-bond donors (Lipinski definition) is 1. The molecule has 0 unspecified atom stereocenters. The number of benzene rings is 1. The summed E-state index contributed by atoms with van der Waals surface area (Å²) in [4.78, 5) is 12.1. The Morgan fingerprint density at radius 1 is 1.40 bits per heavy atom.